The van der Waals surface area contributed by atoms with Crippen LogP contribution in [0.5, 0.6) is 0 Å². The van der Waals surface area contributed by atoms with E-state index in [9.17, 15) is 9.59 Å². The van der Waals surface area contributed by atoms with Gasteiger partial charge in [0.05, 0.1) is 5.56 Å². The molecule has 0 bridgehead atoms. The lowest BCUT2D eigenvalue weighted by Crippen LogP contribution is -2.05. The van der Waals surface area contributed by atoms with Crippen LogP contribution < -0.4 is 11.3 Å². The molecule has 0 fully saturated rings. The lowest BCUT2D eigenvalue weighted by atomic mass is 10.2. The third-order valence-corrected chi connectivity index (χ3v) is 3.09. The maximum atomic E-state index is 11.1. The van der Waals surface area contributed by atoms with E-state index in [1.54, 1.807) is 0 Å². The number of nitrogen functional groups attached to an aromatic ring is 1. The number of carboxylic acid groups (broad SMARTS) is 1. The lowest BCUT2D eigenvalue weighted by molar-refractivity contribution is 0.0696. The van der Waals surface area contributed by atoms with Crippen LogP contribution in [-0.4, -0.2) is 21.0 Å². The zero-order valence-electron chi connectivity index (χ0n) is 9.08. The first-order valence-corrected chi connectivity index (χ1v) is 5.74. The first-order chi connectivity index (χ1) is 8.56. The van der Waals surface area contributed by atoms with Gasteiger partial charge in [0.15, 0.2) is 5.16 Å². The average Bonchev–Trinajstić information content (AvgIpc) is 2.31. The normalized spacial score (nSPS) is 10.2. The van der Waals surface area contributed by atoms with Crippen molar-refractivity contribution in [3.8, 4) is 0 Å². The Bertz CT molecular complexity index is 654. The smallest absolute Gasteiger partial charge is 0.335 e. The van der Waals surface area contributed by atoms with Crippen LogP contribution in [0.15, 0.2) is 45.3 Å². The fourth-order valence-electron chi connectivity index (χ4n) is 1.26. The monoisotopic (exact) mass is 263 g/mol. The van der Waals surface area contributed by atoms with Gasteiger partial charge in [-0.15, -0.1) is 0 Å². The number of H-pyrrole nitrogens is 1. The van der Waals surface area contributed by atoms with Gasteiger partial charge in [0.2, 0.25) is 0 Å². The number of aromatic amines is 1. The van der Waals surface area contributed by atoms with Gasteiger partial charge in [0, 0.05) is 22.8 Å². The summed E-state index contributed by atoms with van der Waals surface area (Å²) in [7, 11) is 0. The molecule has 0 aliphatic heterocycles. The summed E-state index contributed by atoms with van der Waals surface area (Å²) in [4.78, 5) is 29.0. The van der Waals surface area contributed by atoms with Crippen LogP contribution in [0.1, 0.15) is 10.4 Å². The zero-order chi connectivity index (χ0) is 13.1. The summed E-state index contributed by atoms with van der Waals surface area (Å²) in [5.74, 6) is -1.04. The number of anilines is 1. The number of nitrogens with zero attached hydrogens (tertiary/aromatic N) is 1. The molecule has 92 valence electrons. The topological polar surface area (TPSA) is 109 Å². The third kappa shape index (κ3) is 2.69. The number of carbonyl (C=O) groups is 1. The van der Waals surface area contributed by atoms with Crippen molar-refractivity contribution < 1.29 is 9.90 Å². The Kier molecular flexibility index (Phi) is 3.33. The number of nitrogens with two attached hydrogens (primary N) is 1. The minimum atomic E-state index is -1.04. The molecular formula is C11H9N3O3S. The van der Waals surface area contributed by atoms with Crippen molar-refractivity contribution in [2.24, 2.45) is 0 Å². The second-order valence-corrected chi connectivity index (χ2v) is 4.43. The molecule has 0 aliphatic carbocycles. The summed E-state index contributed by atoms with van der Waals surface area (Å²) < 4.78 is 0. The number of carboxylic acids is 1. The maximum Gasteiger partial charge on any atom is 0.335 e. The summed E-state index contributed by atoms with van der Waals surface area (Å²) in [5.41, 5.74) is 6.02. The Morgan fingerprint density at radius 3 is 2.83 bits per heavy atom. The largest absolute Gasteiger partial charge is 0.478 e. The van der Waals surface area contributed by atoms with Gasteiger partial charge >= 0.3 is 5.97 Å². The van der Waals surface area contributed by atoms with Crippen LogP contribution >= 0.6 is 11.8 Å². The van der Waals surface area contributed by atoms with Gasteiger partial charge in [-0.3, -0.25) is 4.79 Å². The Hall–Kier alpha value is -2.28. The van der Waals surface area contributed by atoms with E-state index in [1.807, 2.05) is 0 Å². The molecule has 0 radical (unpaired) electrons. The Labute approximate surface area is 106 Å². The van der Waals surface area contributed by atoms with Gasteiger partial charge in [0.25, 0.3) is 5.56 Å². The molecule has 4 N–H and O–H groups in total. The summed E-state index contributed by atoms with van der Waals surface area (Å²) in [5, 5.41) is 9.24. The van der Waals surface area contributed by atoms with E-state index in [0.29, 0.717) is 15.7 Å². The molecule has 2 rings (SSSR count). The molecule has 0 saturated carbocycles. The van der Waals surface area contributed by atoms with Gasteiger partial charge in [0.1, 0.15) is 0 Å². The fourth-order valence-corrected chi connectivity index (χ4v) is 2.11. The van der Waals surface area contributed by atoms with Crippen molar-refractivity contribution in [3.63, 3.8) is 0 Å². The van der Waals surface area contributed by atoms with E-state index in [0.717, 1.165) is 11.8 Å². The van der Waals surface area contributed by atoms with E-state index in [-0.39, 0.29) is 11.1 Å². The summed E-state index contributed by atoms with van der Waals surface area (Å²) in [6, 6.07) is 5.66. The number of aromatic nitrogens is 2. The molecule has 1 aromatic carbocycles. The minimum Gasteiger partial charge on any atom is -0.478 e. The zero-order valence-corrected chi connectivity index (χ0v) is 9.90. The maximum absolute atomic E-state index is 11.1. The fraction of sp³-hybridized carbons (Fsp3) is 0. The van der Waals surface area contributed by atoms with Gasteiger partial charge in [-0.1, -0.05) is 0 Å². The molecule has 2 aromatic rings. The molecule has 18 heavy (non-hydrogen) atoms. The summed E-state index contributed by atoms with van der Waals surface area (Å²) >= 11 is 1.10. The van der Waals surface area contributed by atoms with Crippen molar-refractivity contribution in [1.82, 2.24) is 9.97 Å². The number of aromatic carboxylic acids is 1. The number of hydrogen-bond donors (Lipinski definition) is 3. The standard InChI is InChI=1S/C11H9N3O3S/c12-7-2-1-6(10(16)17)5-8(7)18-11-13-4-3-9(15)14-11/h1-5H,12H2,(H,16,17)(H,13,14,15). The molecule has 0 amide bonds. The number of hydrogen-bond acceptors (Lipinski definition) is 5. The molecule has 6 nitrogen and oxygen atoms in total. The van der Waals surface area contributed by atoms with Crippen molar-refractivity contribution in [2.75, 3.05) is 5.73 Å². The summed E-state index contributed by atoms with van der Waals surface area (Å²) in [6.45, 7) is 0. The summed E-state index contributed by atoms with van der Waals surface area (Å²) in [6.07, 6.45) is 1.37. The molecule has 1 heterocycles. The van der Waals surface area contributed by atoms with Crippen molar-refractivity contribution in [1.29, 1.82) is 0 Å². The third-order valence-electron chi connectivity index (χ3n) is 2.11. The highest BCUT2D eigenvalue weighted by Crippen LogP contribution is 2.29. The lowest BCUT2D eigenvalue weighted by Gasteiger charge is -2.05. The Morgan fingerprint density at radius 2 is 2.17 bits per heavy atom. The second kappa shape index (κ2) is 4.92. The Balaban J connectivity index is 2.36. The van der Waals surface area contributed by atoms with Gasteiger partial charge < -0.3 is 15.8 Å². The quantitative estimate of drug-likeness (QED) is 0.567. The molecule has 0 aliphatic rings. The highest BCUT2D eigenvalue weighted by Gasteiger charge is 2.09. The van der Waals surface area contributed by atoms with Crippen molar-refractivity contribution in [3.05, 3.63) is 46.4 Å². The van der Waals surface area contributed by atoms with E-state index in [1.165, 1.54) is 30.5 Å². The molecule has 0 saturated heterocycles. The van der Waals surface area contributed by atoms with Gasteiger partial charge in [-0.05, 0) is 30.0 Å². The number of rotatable bonds is 3. The van der Waals surface area contributed by atoms with Crippen molar-refractivity contribution >= 4 is 23.4 Å². The number of benzene rings is 1. The van der Waals surface area contributed by atoms with Crippen LogP contribution in [0.3, 0.4) is 0 Å². The number of nitrogens with one attached hydrogen (secondary N) is 1. The predicted molar refractivity (Wildman–Crippen MR) is 66.8 cm³/mol. The SMILES string of the molecule is Nc1ccc(C(=O)O)cc1Sc1nccc(=O)[nH]1. The van der Waals surface area contributed by atoms with Crippen molar-refractivity contribution in [2.45, 2.75) is 10.1 Å². The van der Waals surface area contributed by atoms with Crippen LogP contribution in [0, 0.1) is 0 Å². The van der Waals surface area contributed by atoms with E-state index in [4.69, 9.17) is 10.8 Å². The first-order valence-electron chi connectivity index (χ1n) is 4.92. The molecular weight excluding hydrogens is 254 g/mol. The van der Waals surface area contributed by atoms with Gasteiger partial charge in [-0.25, -0.2) is 9.78 Å². The highest BCUT2D eigenvalue weighted by molar-refractivity contribution is 7.99. The Morgan fingerprint density at radius 1 is 1.39 bits per heavy atom. The van der Waals surface area contributed by atoms with E-state index < -0.39 is 5.97 Å². The first kappa shape index (κ1) is 12.2. The van der Waals surface area contributed by atoms with Crippen LogP contribution in [0.4, 0.5) is 5.69 Å². The van der Waals surface area contributed by atoms with E-state index >= 15 is 0 Å². The van der Waals surface area contributed by atoms with Crippen LogP contribution in [0.25, 0.3) is 0 Å². The molecule has 0 unspecified atom stereocenters. The molecule has 1 aromatic heterocycles. The van der Waals surface area contributed by atoms with Crippen LogP contribution in [-0.2, 0) is 0 Å². The molecule has 7 heteroatoms. The molecule has 0 atom stereocenters. The van der Waals surface area contributed by atoms with Crippen LogP contribution in [0.2, 0.25) is 0 Å². The highest BCUT2D eigenvalue weighted by atomic mass is 32.2. The second-order valence-electron chi connectivity index (χ2n) is 3.40. The average molecular weight is 263 g/mol. The minimum absolute atomic E-state index is 0.130. The molecule has 0 spiro atoms. The predicted octanol–water partition coefficient (Wildman–Crippen LogP) is 1.20. The van der Waals surface area contributed by atoms with E-state index in [2.05, 4.69) is 9.97 Å². The van der Waals surface area contributed by atoms with Gasteiger partial charge in [-0.2, -0.15) is 0 Å².